The van der Waals surface area contributed by atoms with Crippen molar-refractivity contribution >= 4 is 11.9 Å². The van der Waals surface area contributed by atoms with E-state index in [1.807, 2.05) is 19.1 Å². The Morgan fingerprint density at radius 3 is 2.60 bits per heavy atom. The summed E-state index contributed by atoms with van der Waals surface area (Å²) in [6.45, 7) is 1.88. The van der Waals surface area contributed by atoms with Gasteiger partial charge < -0.3 is 24.1 Å². The van der Waals surface area contributed by atoms with Crippen LogP contribution in [0.15, 0.2) is 53.1 Å². The second-order valence-electron chi connectivity index (χ2n) is 6.01. The molecule has 0 saturated heterocycles. The van der Waals surface area contributed by atoms with Crippen LogP contribution in [0.25, 0.3) is 11.4 Å². The lowest BCUT2D eigenvalue weighted by atomic mass is 10.2. The molecule has 0 aliphatic heterocycles. The second kappa shape index (κ2) is 10.1. The first kappa shape index (κ1) is 20.8. The number of carbonyl (C=O) groups is 2. The molecule has 2 aromatic carbocycles. The third-order valence-electron chi connectivity index (χ3n) is 4.00. The van der Waals surface area contributed by atoms with Gasteiger partial charge >= 0.3 is 5.97 Å². The Hall–Kier alpha value is -3.88. The summed E-state index contributed by atoms with van der Waals surface area (Å²) >= 11 is 0. The number of nitrogens with one attached hydrogen (secondary N) is 1. The summed E-state index contributed by atoms with van der Waals surface area (Å²) in [6.07, 6.45) is 0. The zero-order chi connectivity index (χ0) is 21.3. The van der Waals surface area contributed by atoms with E-state index in [0.29, 0.717) is 35.1 Å². The van der Waals surface area contributed by atoms with Crippen LogP contribution in [0.3, 0.4) is 0 Å². The molecule has 1 aromatic heterocycles. The number of esters is 1. The molecular weight excluding hydrogens is 390 g/mol. The highest BCUT2D eigenvalue weighted by Gasteiger charge is 2.15. The van der Waals surface area contributed by atoms with Crippen molar-refractivity contribution < 1.29 is 28.3 Å². The highest BCUT2D eigenvalue weighted by molar-refractivity contribution is 5.96. The average Bonchev–Trinajstić information content (AvgIpc) is 3.25. The fourth-order valence-electron chi connectivity index (χ4n) is 2.55. The van der Waals surface area contributed by atoms with Crippen LogP contribution in [0.5, 0.6) is 11.5 Å². The van der Waals surface area contributed by atoms with Crippen LogP contribution < -0.4 is 14.8 Å². The van der Waals surface area contributed by atoms with Gasteiger partial charge in [0.25, 0.3) is 11.8 Å². The van der Waals surface area contributed by atoms with E-state index >= 15 is 0 Å². The normalized spacial score (nSPS) is 10.3. The summed E-state index contributed by atoms with van der Waals surface area (Å²) < 4.78 is 20.8. The van der Waals surface area contributed by atoms with Gasteiger partial charge in [-0.05, 0) is 43.3 Å². The van der Waals surface area contributed by atoms with Crippen LogP contribution in [0, 0.1) is 0 Å². The molecule has 3 rings (SSSR count). The Morgan fingerprint density at radius 1 is 1.10 bits per heavy atom. The van der Waals surface area contributed by atoms with Crippen molar-refractivity contribution in [1.29, 1.82) is 0 Å². The van der Waals surface area contributed by atoms with E-state index in [-0.39, 0.29) is 19.0 Å². The van der Waals surface area contributed by atoms with Gasteiger partial charge in [-0.1, -0.05) is 17.3 Å². The number of hydrogen-bond acceptors (Lipinski definition) is 8. The molecule has 0 spiro atoms. The lowest BCUT2D eigenvalue weighted by Crippen LogP contribution is -2.30. The zero-order valence-corrected chi connectivity index (χ0v) is 16.6. The molecule has 30 heavy (non-hydrogen) atoms. The fraction of sp³-hybridized carbons (Fsp3) is 0.238. The maximum atomic E-state index is 12.1. The summed E-state index contributed by atoms with van der Waals surface area (Å²) in [5.74, 6) is 0.692. The first-order valence-electron chi connectivity index (χ1n) is 9.23. The molecule has 9 heteroatoms. The lowest BCUT2D eigenvalue weighted by molar-refractivity contribution is -0.144. The molecule has 0 radical (unpaired) electrons. The maximum absolute atomic E-state index is 12.1. The number of rotatable bonds is 9. The van der Waals surface area contributed by atoms with Crippen LogP contribution in [0.4, 0.5) is 0 Å². The predicted octanol–water partition coefficient (Wildman–Crippen LogP) is 2.62. The Morgan fingerprint density at radius 2 is 1.87 bits per heavy atom. The third-order valence-corrected chi connectivity index (χ3v) is 4.00. The van der Waals surface area contributed by atoms with Gasteiger partial charge in [0.05, 0.1) is 19.3 Å². The second-order valence-corrected chi connectivity index (χ2v) is 6.01. The Bertz CT molecular complexity index is 1000. The number of para-hydroxylation sites is 1. The molecule has 9 nitrogen and oxygen atoms in total. The SMILES string of the molecule is CCOc1ccccc1-c1noc(COC(=O)CNC(=O)c2ccc(OC)cc2)n1. The molecular formula is C21H21N3O6. The number of nitrogens with zero attached hydrogens (tertiary/aromatic N) is 2. The topological polar surface area (TPSA) is 113 Å². The van der Waals surface area contributed by atoms with E-state index in [9.17, 15) is 9.59 Å². The number of carbonyl (C=O) groups excluding carboxylic acids is 2. The van der Waals surface area contributed by atoms with Crippen LogP contribution in [-0.4, -0.2) is 42.3 Å². The zero-order valence-electron chi connectivity index (χ0n) is 16.6. The van der Waals surface area contributed by atoms with Gasteiger partial charge in [-0.25, -0.2) is 0 Å². The minimum absolute atomic E-state index is 0.131. The van der Waals surface area contributed by atoms with Gasteiger partial charge in [-0.2, -0.15) is 4.98 Å². The van der Waals surface area contributed by atoms with Crippen LogP contribution in [0.2, 0.25) is 0 Å². The van der Waals surface area contributed by atoms with E-state index in [0.717, 1.165) is 0 Å². The van der Waals surface area contributed by atoms with Gasteiger partial charge in [0.1, 0.15) is 18.0 Å². The number of hydrogen-bond donors (Lipinski definition) is 1. The van der Waals surface area contributed by atoms with Crippen molar-refractivity contribution in [3.8, 4) is 22.9 Å². The highest BCUT2D eigenvalue weighted by Crippen LogP contribution is 2.27. The van der Waals surface area contributed by atoms with Crippen molar-refractivity contribution in [3.63, 3.8) is 0 Å². The summed E-state index contributed by atoms with van der Waals surface area (Å²) in [5, 5.41) is 6.39. The van der Waals surface area contributed by atoms with Crippen molar-refractivity contribution in [3.05, 3.63) is 60.0 Å². The number of benzene rings is 2. The molecule has 0 fully saturated rings. The first-order chi connectivity index (χ1) is 14.6. The smallest absolute Gasteiger partial charge is 0.325 e. The van der Waals surface area contributed by atoms with Crippen molar-refractivity contribution in [1.82, 2.24) is 15.5 Å². The largest absolute Gasteiger partial charge is 0.497 e. The monoisotopic (exact) mass is 411 g/mol. The van der Waals surface area contributed by atoms with Crippen LogP contribution in [-0.2, 0) is 16.1 Å². The Labute approximate surface area is 172 Å². The molecule has 0 bridgehead atoms. The van der Waals surface area contributed by atoms with Gasteiger partial charge in [0, 0.05) is 5.56 Å². The lowest BCUT2D eigenvalue weighted by Gasteiger charge is -2.06. The van der Waals surface area contributed by atoms with E-state index in [2.05, 4.69) is 15.5 Å². The van der Waals surface area contributed by atoms with Crippen LogP contribution in [0.1, 0.15) is 23.2 Å². The van der Waals surface area contributed by atoms with Gasteiger partial charge in [0.15, 0.2) is 6.61 Å². The highest BCUT2D eigenvalue weighted by atomic mass is 16.6. The van der Waals surface area contributed by atoms with Gasteiger partial charge in [-0.3, -0.25) is 9.59 Å². The molecule has 0 aliphatic rings. The fourth-order valence-corrected chi connectivity index (χ4v) is 2.55. The molecule has 156 valence electrons. The van der Waals surface area contributed by atoms with Crippen LogP contribution >= 0.6 is 0 Å². The number of amides is 1. The molecule has 1 amide bonds. The minimum atomic E-state index is -0.633. The van der Waals surface area contributed by atoms with Crippen molar-refractivity contribution in [2.45, 2.75) is 13.5 Å². The number of aromatic nitrogens is 2. The number of methoxy groups -OCH3 is 1. The molecule has 3 aromatic rings. The maximum Gasteiger partial charge on any atom is 0.325 e. The van der Waals surface area contributed by atoms with E-state index in [1.54, 1.807) is 36.4 Å². The standard InChI is InChI=1S/C21H21N3O6/c1-3-28-17-7-5-4-6-16(17)20-23-18(30-24-20)13-29-19(25)12-22-21(26)14-8-10-15(27-2)11-9-14/h4-11H,3,12-13H2,1-2H3,(H,22,26). The average molecular weight is 411 g/mol. The molecule has 0 aliphatic carbocycles. The van der Waals surface area contributed by atoms with E-state index < -0.39 is 11.9 Å². The van der Waals surface area contributed by atoms with Gasteiger partial charge in [0.2, 0.25) is 5.82 Å². The quantitative estimate of drug-likeness (QED) is 0.535. The van der Waals surface area contributed by atoms with E-state index in [4.69, 9.17) is 18.7 Å². The first-order valence-corrected chi connectivity index (χ1v) is 9.23. The van der Waals surface area contributed by atoms with Crippen molar-refractivity contribution in [2.24, 2.45) is 0 Å². The summed E-state index contributed by atoms with van der Waals surface area (Å²) in [7, 11) is 1.54. The Balaban J connectivity index is 1.50. The summed E-state index contributed by atoms with van der Waals surface area (Å²) in [6, 6.07) is 13.8. The molecule has 0 unspecified atom stereocenters. The summed E-state index contributed by atoms with van der Waals surface area (Å²) in [4.78, 5) is 28.2. The van der Waals surface area contributed by atoms with E-state index in [1.165, 1.54) is 7.11 Å². The van der Waals surface area contributed by atoms with Crippen molar-refractivity contribution in [2.75, 3.05) is 20.3 Å². The molecule has 1 heterocycles. The molecule has 0 saturated carbocycles. The van der Waals surface area contributed by atoms with Gasteiger partial charge in [-0.15, -0.1) is 0 Å². The third kappa shape index (κ3) is 5.34. The Kier molecular flexibility index (Phi) is 6.99. The molecule has 1 N–H and O–H groups in total. The minimum Gasteiger partial charge on any atom is -0.497 e. The predicted molar refractivity (Wildman–Crippen MR) is 106 cm³/mol. The summed E-state index contributed by atoms with van der Waals surface area (Å²) in [5.41, 5.74) is 1.07. The molecule has 0 atom stereocenters. The number of ether oxygens (including phenoxy) is 3.